The van der Waals surface area contributed by atoms with Crippen molar-refractivity contribution in [3.8, 4) is 39.6 Å². The zero-order chi connectivity index (χ0) is 25.7. The topological polar surface area (TPSA) is 40.8 Å². The summed E-state index contributed by atoms with van der Waals surface area (Å²) in [5.74, 6) is 0. The van der Waals surface area contributed by atoms with Crippen LogP contribution in [0.2, 0.25) is 0 Å². The van der Waals surface area contributed by atoms with Crippen LogP contribution in [0.25, 0.3) is 55.4 Å². The van der Waals surface area contributed by atoms with Gasteiger partial charge < -0.3 is 4.42 Å². The number of hydrogen-bond donors (Lipinski definition) is 0. The zero-order valence-electron chi connectivity index (χ0n) is 21.5. The molecule has 6 aromatic rings. The monoisotopic (exact) mass is 479 g/mol. The summed E-state index contributed by atoms with van der Waals surface area (Å²) in [6.07, 6.45) is 2.12. The van der Waals surface area contributed by atoms with Crippen molar-refractivity contribution < 1.29 is 8.98 Å². The summed E-state index contributed by atoms with van der Waals surface area (Å²) < 4.78 is 8.69. The molecule has 0 fully saturated rings. The summed E-state index contributed by atoms with van der Waals surface area (Å²) in [5, 5.41) is 12.2. The highest BCUT2D eigenvalue weighted by atomic mass is 16.3. The van der Waals surface area contributed by atoms with Crippen LogP contribution >= 0.6 is 0 Å². The lowest BCUT2D eigenvalue weighted by Crippen LogP contribution is -2.31. The average molecular weight is 480 g/mol. The molecule has 3 heteroatoms. The third kappa shape index (κ3) is 3.79. The van der Waals surface area contributed by atoms with Gasteiger partial charge in [-0.1, -0.05) is 72.3 Å². The highest BCUT2D eigenvalue weighted by Gasteiger charge is 2.22. The molecule has 0 saturated heterocycles. The number of pyridine rings is 1. The second-order valence-corrected chi connectivity index (χ2v) is 9.86. The molecule has 0 bridgehead atoms. The number of benzene rings is 4. The first-order valence-corrected chi connectivity index (χ1v) is 12.5. The lowest BCUT2D eigenvalue weighted by Gasteiger charge is -2.07. The van der Waals surface area contributed by atoms with E-state index in [0.29, 0.717) is 11.1 Å². The molecule has 0 N–H and O–H groups in total. The van der Waals surface area contributed by atoms with E-state index < -0.39 is 0 Å². The number of fused-ring (bicyclic) bond motifs is 3. The van der Waals surface area contributed by atoms with E-state index in [2.05, 4.69) is 124 Å². The molecule has 6 rings (SSSR count). The van der Waals surface area contributed by atoms with Gasteiger partial charge in [0.15, 0.2) is 11.8 Å². The van der Waals surface area contributed by atoms with Crippen LogP contribution in [0.1, 0.15) is 22.3 Å². The number of rotatable bonds is 3. The summed E-state index contributed by atoms with van der Waals surface area (Å²) in [7, 11) is 2.06. The maximum Gasteiger partial charge on any atom is 0.216 e. The van der Waals surface area contributed by atoms with E-state index in [1.165, 1.54) is 16.7 Å². The Bertz CT molecular complexity index is 1850. The van der Waals surface area contributed by atoms with E-state index in [-0.39, 0.29) is 0 Å². The smallest absolute Gasteiger partial charge is 0.216 e. The average Bonchev–Trinajstić information content (AvgIpc) is 3.28. The summed E-state index contributed by atoms with van der Waals surface area (Å²) in [5.41, 5.74) is 11.9. The highest BCUT2D eigenvalue weighted by molar-refractivity contribution is 6.12. The van der Waals surface area contributed by atoms with Crippen molar-refractivity contribution >= 4 is 21.9 Å². The predicted octanol–water partition coefficient (Wildman–Crippen LogP) is 8.21. The SMILES string of the molecule is Cc1ccc(-c2ccc(-c3ccc4c(oc5c(-c6ccc(C)c[n+]6C)c(C)ccc54)c3C#N)cc2)cc1. The highest BCUT2D eigenvalue weighted by Crippen LogP contribution is 2.40. The molecule has 4 aromatic carbocycles. The van der Waals surface area contributed by atoms with E-state index in [4.69, 9.17) is 4.42 Å². The maximum atomic E-state index is 10.3. The number of aryl methyl sites for hydroxylation is 4. The van der Waals surface area contributed by atoms with Crippen LogP contribution in [0.5, 0.6) is 0 Å². The molecule has 0 unspecified atom stereocenters. The standard InChI is InChI=1S/C34H27N2O/c1-21-5-9-24(10-6-21)25-11-13-26(14-12-25)27-16-17-28-29-15-8-23(3)32(31-18-7-22(2)20-36(31)4)34(29)37-33(28)30(27)19-35/h5-18,20H,1-4H3/q+1. The number of aromatic nitrogens is 1. The van der Waals surface area contributed by atoms with Crippen molar-refractivity contribution in [1.82, 2.24) is 0 Å². The Balaban J connectivity index is 1.52. The first kappa shape index (κ1) is 22.8. The first-order valence-electron chi connectivity index (χ1n) is 12.5. The fraction of sp³-hybridized carbons (Fsp3) is 0.118. The van der Waals surface area contributed by atoms with E-state index in [1.54, 1.807) is 0 Å². The van der Waals surface area contributed by atoms with Crippen LogP contribution in [0, 0.1) is 32.1 Å². The van der Waals surface area contributed by atoms with Gasteiger partial charge in [-0.3, -0.25) is 0 Å². The van der Waals surface area contributed by atoms with Crippen LogP contribution < -0.4 is 4.57 Å². The van der Waals surface area contributed by atoms with Crippen LogP contribution in [0.4, 0.5) is 0 Å². The molecule has 2 heterocycles. The third-order valence-corrected chi connectivity index (χ3v) is 7.25. The molecule has 3 nitrogen and oxygen atoms in total. The minimum atomic E-state index is 0.564. The van der Waals surface area contributed by atoms with Gasteiger partial charge in [-0.2, -0.15) is 5.26 Å². The Morgan fingerprint density at radius 3 is 1.92 bits per heavy atom. The van der Waals surface area contributed by atoms with Gasteiger partial charge in [0.05, 0.1) is 5.56 Å². The van der Waals surface area contributed by atoms with Gasteiger partial charge in [0.2, 0.25) is 5.69 Å². The fourth-order valence-corrected chi connectivity index (χ4v) is 5.27. The lowest BCUT2D eigenvalue weighted by atomic mass is 9.95. The minimum Gasteiger partial charge on any atom is -0.454 e. The summed E-state index contributed by atoms with van der Waals surface area (Å²) in [6.45, 7) is 6.29. The molecule has 2 aromatic heterocycles. The van der Waals surface area contributed by atoms with Crippen LogP contribution in [0.15, 0.2) is 95.5 Å². The molecule has 0 atom stereocenters. The van der Waals surface area contributed by atoms with Gasteiger partial charge in [0.25, 0.3) is 0 Å². The van der Waals surface area contributed by atoms with Gasteiger partial charge >= 0.3 is 0 Å². The molecule has 0 aliphatic heterocycles. The number of hydrogen-bond acceptors (Lipinski definition) is 2. The van der Waals surface area contributed by atoms with Gasteiger partial charge in [-0.15, -0.1) is 0 Å². The van der Waals surface area contributed by atoms with E-state index in [0.717, 1.165) is 49.9 Å². The summed E-state index contributed by atoms with van der Waals surface area (Å²) in [6, 6.07) is 32.0. The number of nitrogens with zero attached hydrogens (tertiary/aromatic N) is 2. The van der Waals surface area contributed by atoms with Crippen molar-refractivity contribution in [3.05, 3.63) is 113 Å². The second-order valence-electron chi connectivity index (χ2n) is 9.86. The first-order chi connectivity index (χ1) is 17.9. The Kier molecular flexibility index (Phi) is 5.39. The predicted molar refractivity (Wildman–Crippen MR) is 150 cm³/mol. The Labute approximate surface area is 216 Å². The molecule has 37 heavy (non-hydrogen) atoms. The number of nitriles is 1. The number of furan rings is 1. The maximum absolute atomic E-state index is 10.3. The molecule has 0 aliphatic carbocycles. The molecule has 0 aliphatic rings. The Morgan fingerprint density at radius 2 is 1.24 bits per heavy atom. The van der Waals surface area contributed by atoms with Crippen molar-refractivity contribution in [2.24, 2.45) is 7.05 Å². The largest absolute Gasteiger partial charge is 0.454 e. The molecule has 0 spiro atoms. The van der Waals surface area contributed by atoms with Crippen molar-refractivity contribution in [2.75, 3.05) is 0 Å². The molecule has 0 radical (unpaired) electrons. The summed E-state index contributed by atoms with van der Waals surface area (Å²) in [4.78, 5) is 0. The zero-order valence-corrected chi connectivity index (χ0v) is 21.5. The molecular formula is C34H27N2O+. The van der Waals surface area contributed by atoms with Gasteiger partial charge in [0, 0.05) is 28.0 Å². The Morgan fingerprint density at radius 1 is 0.649 bits per heavy atom. The molecular weight excluding hydrogens is 452 g/mol. The second kappa shape index (κ2) is 8.76. The molecule has 0 saturated carbocycles. The Hall–Kier alpha value is -4.68. The van der Waals surface area contributed by atoms with Gasteiger partial charge in [0.1, 0.15) is 24.3 Å². The van der Waals surface area contributed by atoms with Gasteiger partial charge in [-0.25, -0.2) is 4.57 Å². The summed E-state index contributed by atoms with van der Waals surface area (Å²) >= 11 is 0. The van der Waals surface area contributed by atoms with Crippen molar-refractivity contribution in [2.45, 2.75) is 20.8 Å². The minimum absolute atomic E-state index is 0.564. The fourth-order valence-electron chi connectivity index (χ4n) is 5.27. The normalized spacial score (nSPS) is 11.2. The quantitative estimate of drug-likeness (QED) is 0.240. The van der Waals surface area contributed by atoms with Crippen LogP contribution in [-0.2, 0) is 7.05 Å². The van der Waals surface area contributed by atoms with Crippen molar-refractivity contribution in [3.63, 3.8) is 0 Å². The lowest BCUT2D eigenvalue weighted by molar-refractivity contribution is -0.660. The van der Waals surface area contributed by atoms with Crippen molar-refractivity contribution in [1.29, 1.82) is 5.26 Å². The molecule has 0 amide bonds. The van der Waals surface area contributed by atoms with Crippen LogP contribution in [0.3, 0.4) is 0 Å². The molecule has 178 valence electrons. The van der Waals surface area contributed by atoms with Crippen LogP contribution in [-0.4, -0.2) is 0 Å². The van der Waals surface area contributed by atoms with Gasteiger partial charge in [-0.05, 0) is 55.2 Å². The van der Waals surface area contributed by atoms with E-state index in [9.17, 15) is 5.26 Å². The van der Waals surface area contributed by atoms with E-state index in [1.807, 2.05) is 6.07 Å². The van der Waals surface area contributed by atoms with E-state index >= 15 is 0 Å². The third-order valence-electron chi connectivity index (χ3n) is 7.25.